The van der Waals surface area contributed by atoms with E-state index in [1.165, 1.54) is 5.56 Å². The van der Waals surface area contributed by atoms with Crippen LogP contribution < -0.4 is 4.74 Å². The lowest BCUT2D eigenvalue weighted by Crippen LogP contribution is -1.95. The minimum absolute atomic E-state index is 0.515. The average Bonchev–Trinajstić information content (AvgIpc) is 2.17. The monoisotopic (exact) mass is 194 g/mol. The van der Waals surface area contributed by atoms with E-state index in [0.29, 0.717) is 12.5 Å². The van der Waals surface area contributed by atoms with E-state index in [-0.39, 0.29) is 0 Å². The Morgan fingerprint density at radius 3 is 2.36 bits per heavy atom. The first-order valence-corrected chi connectivity index (χ1v) is 4.84. The van der Waals surface area contributed by atoms with Gasteiger partial charge in [-0.3, -0.25) is 0 Å². The van der Waals surface area contributed by atoms with Gasteiger partial charge in [0.05, 0.1) is 13.7 Å². The molecule has 14 heavy (non-hydrogen) atoms. The van der Waals surface area contributed by atoms with Gasteiger partial charge in [-0.25, -0.2) is 0 Å². The van der Waals surface area contributed by atoms with E-state index in [0.717, 1.165) is 11.3 Å². The maximum Gasteiger partial charge on any atom is 0.119 e. The van der Waals surface area contributed by atoms with E-state index in [9.17, 15) is 0 Å². The Balaban J connectivity index is 3.00. The second-order valence-corrected chi connectivity index (χ2v) is 3.70. The number of methoxy groups -OCH3 is 2. The van der Waals surface area contributed by atoms with Crippen LogP contribution in [0, 0.1) is 0 Å². The summed E-state index contributed by atoms with van der Waals surface area (Å²) in [4.78, 5) is 0. The third-order valence-electron chi connectivity index (χ3n) is 2.20. The highest BCUT2D eigenvalue weighted by atomic mass is 16.5. The minimum atomic E-state index is 0.515. The quantitative estimate of drug-likeness (QED) is 0.733. The van der Waals surface area contributed by atoms with Crippen LogP contribution in [0.3, 0.4) is 0 Å². The maximum absolute atomic E-state index is 5.24. The normalized spacial score (nSPS) is 10.6. The summed E-state index contributed by atoms with van der Waals surface area (Å²) >= 11 is 0. The fourth-order valence-corrected chi connectivity index (χ4v) is 1.39. The first-order chi connectivity index (χ1) is 6.67. The van der Waals surface area contributed by atoms with E-state index in [1.807, 2.05) is 6.07 Å². The van der Waals surface area contributed by atoms with Crippen LogP contribution in [0.25, 0.3) is 0 Å². The molecular weight excluding hydrogens is 176 g/mol. The molecule has 2 nitrogen and oxygen atoms in total. The van der Waals surface area contributed by atoms with Crippen LogP contribution in [-0.4, -0.2) is 14.2 Å². The van der Waals surface area contributed by atoms with Gasteiger partial charge in [-0.1, -0.05) is 19.9 Å². The summed E-state index contributed by atoms with van der Waals surface area (Å²) in [6, 6.07) is 6.25. The maximum atomic E-state index is 5.24. The molecule has 0 saturated heterocycles. The zero-order chi connectivity index (χ0) is 10.6. The second-order valence-electron chi connectivity index (χ2n) is 3.70. The smallest absolute Gasteiger partial charge is 0.119 e. The van der Waals surface area contributed by atoms with Gasteiger partial charge in [0.15, 0.2) is 0 Å². The van der Waals surface area contributed by atoms with Crippen LogP contribution in [0.15, 0.2) is 18.2 Å². The molecule has 0 bridgehead atoms. The van der Waals surface area contributed by atoms with Gasteiger partial charge in [-0.2, -0.15) is 0 Å². The van der Waals surface area contributed by atoms with Crippen molar-refractivity contribution in [3.63, 3.8) is 0 Å². The SMILES string of the molecule is COCc1cc(OC)cc(C(C)C)c1. The molecule has 1 aromatic carbocycles. The molecule has 78 valence electrons. The van der Waals surface area contributed by atoms with Gasteiger partial charge in [-0.15, -0.1) is 0 Å². The van der Waals surface area contributed by atoms with Gasteiger partial charge < -0.3 is 9.47 Å². The first-order valence-electron chi connectivity index (χ1n) is 4.84. The van der Waals surface area contributed by atoms with Crippen molar-refractivity contribution in [3.05, 3.63) is 29.3 Å². The molecule has 0 unspecified atom stereocenters. The van der Waals surface area contributed by atoms with Gasteiger partial charge in [0.25, 0.3) is 0 Å². The molecule has 2 heteroatoms. The van der Waals surface area contributed by atoms with Crippen molar-refractivity contribution in [2.75, 3.05) is 14.2 Å². The summed E-state index contributed by atoms with van der Waals surface area (Å²) in [6.45, 7) is 4.98. The average molecular weight is 194 g/mol. The molecule has 1 rings (SSSR count). The Hall–Kier alpha value is -1.02. The van der Waals surface area contributed by atoms with E-state index >= 15 is 0 Å². The fourth-order valence-electron chi connectivity index (χ4n) is 1.39. The Bertz CT molecular complexity index is 292. The van der Waals surface area contributed by atoms with Crippen LogP contribution in [0.1, 0.15) is 30.9 Å². The number of hydrogen-bond donors (Lipinski definition) is 0. The highest BCUT2D eigenvalue weighted by Crippen LogP contribution is 2.23. The molecule has 0 aliphatic carbocycles. The highest BCUT2D eigenvalue weighted by Gasteiger charge is 2.04. The van der Waals surface area contributed by atoms with Crippen molar-refractivity contribution in [3.8, 4) is 5.75 Å². The summed E-state index contributed by atoms with van der Waals surface area (Å²) in [7, 11) is 3.39. The summed E-state index contributed by atoms with van der Waals surface area (Å²) in [5.74, 6) is 1.42. The molecule has 0 aliphatic rings. The Morgan fingerprint density at radius 2 is 1.86 bits per heavy atom. The lowest BCUT2D eigenvalue weighted by atomic mass is 10.0. The van der Waals surface area contributed by atoms with Crippen LogP contribution >= 0.6 is 0 Å². The molecule has 0 aliphatic heterocycles. The van der Waals surface area contributed by atoms with E-state index < -0.39 is 0 Å². The number of hydrogen-bond acceptors (Lipinski definition) is 2. The Kier molecular flexibility index (Phi) is 3.96. The van der Waals surface area contributed by atoms with Crippen molar-refractivity contribution in [1.82, 2.24) is 0 Å². The lowest BCUT2D eigenvalue weighted by Gasteiger charge is -2.10. The van der Waals surface area contributed by atoms with Crippen molar-refractivity contribution in [2.45, 2.75) is 26.4 Å². The number of rotatable bonds is 4. The molecule has 0 heterocycles. The predicted octanol–water partition coefficient (Wildman–Crippen LogP) is 2.97. The number of ether oxygens (including phenoxy) is 2. The molecular formula is C12H18O2. The molecule has 0 radical (unpaired) electrons. The van der Waals surface area contributed by atoms with E-state index in [1.54, 1.807) is 14.2 Å². The zero-order valence-corrected chi connectivity index (χ0v) is 9.33. The van der Waals surface area contributed by atoms with Crippen LogP contribution in [-0.2, 0) is 11.3 Å². The lowest BCUT2D eigenvalue weighted by molar-refractivity contribution is 0.184. The third kappa shape index (κ3) is 2.74. The Labute approximate surface area is 85.8 Å². The standard InChI is InChI=1S/C12H18O2/c1-9(2)11-5-10(8-13-3)6-12(7-11)14-4/h5-7,9H,8H2,1-4H3. The highest BCUT2D eigenvalue weighted by molar-refractivity contribution is 5.35. The summed E-state index contributed by atoms with van der Waals surface area (Å²) in [5, 5.41) is 0. The number of benzene rings is 1. The van der Waals surface area contributed by atoms with Crippen molar-refractivity contribution in [1.29, 1.82) is 0 Å². The molecule has 0 N–H and O–H groups in total. The van der Waals surface area contributed by atoms with Crippen molar-refractivity contribution < 1.29 is 9.47 Å². The van der Waals surface area contributed by atoms with Gasteiger partial charge in [0.2, 0.25) is 0 Å². The van der Waals surface area contributed by atoms with Crippen LogP contribution in [0.4, 0.5) is 0 Å². The van der Waals surface area contributed by atoms with Gasteiger partial charge in [-0.05, 0) is 29.2 Å². The zero-order valence-electron chi connectivity index (χ0n) is 9.33. The van der Waals surface area contributed by atoms with E-state index in [2.05, 4.69) is 26.0 Å². The molecule has 0 amide bonds. The molecule has 0 aromatic heterocycles. The summed E-state index contributed by atoms with van der Waals surface area (Å²) in [5.41, 5.74) is 2.45. The first kappa shape index (κ1) is 11.1. The third-order valence-corrected chi connectivity index (χ3v) is 2.20. The molecule has 1 aromatic rings. The van der Waals surface area contributed by atoms with Crippen molar-refractivity contribution >= 4 is 0 Å². The van der Waals surface area contributed by atoms with Gasteiger partial charge in [0.1, 0.15) is 5.75 Å². The molecule has 0 fully saturated rings. The van der Waals surface area contributed by atoms with Crippen molar-refractivity contribution in [2.24, 2.45) is 0 Å². The van der Waals surface area contributed by atoms with Gasteiger partial charge in [0, 0.05) is 7.11 Å². The topological polar surface area (TPSA) is 18.5 Å². The fraction of sp³-hybridized carbons (Fsp3) is 0.500. The molecule has 0 saturated carbocycles. The van der Waals surface area contributed by atoms with E-state index in [4.69, 9.17) is 9.47 Å². The largest absolute Gasteiger partial charge is 0.497 e. The van der Waals surface area contributed by atoms with Crippen LogP contribution in [0.2, 0.25) is 0 Å². The Morgan fingerprint density at radius 1 is 1.14 bits per heavy atom. The predicted molar refractivity (Wildman–Crippen MR) is 57.8 cm³/mol. The molecule has 0 spiro atoms. The minimum Gasteiger partial charge on any atom is -0.497 e. The molecule has 0 atom stereocenters. The van der Waals surface area contributed by atoms with Crippen LogP contribution in [0.5, 0.6) is 5.75 Å². The summed E-state index contributed by atoms with van der Waals surface area (Å²) in [6.07, 6.45) is 0. The summed E-state index contributed by atoms with van der Waals surface area (Å²) < 4.78 is 10.3. The second kappa shape index (κ2) is 5.01. The van der Waals surface area contributed by atoms with Gasteiger partial charge >= 0.3 is 0 Å².